The van der Waals surface area contributed by atoms with Crippen molar-refractivity contribution in [3.05, 3.63) is 34.9 Å². The zero-order valence-electron chi connectivity index (χ0n) is 13.4. The predicted molar refractivity (Wildman–Crippen MR) is 84.1 cm³/mol. The van der Waals surface area contributed by atoms with Crippen LogP contribution in [-0.2, 0) is 28.6 Å². The van der Waals surface area contributed by atoms with Crippen molar-refractivity contribution in [3.63, 3.8) is 0 Å². The molecule has 8 heteroatoms. The van der Waals surface area contributed by atoms with E-state index >= 15 is 0 Å². The second-order valence-corrected chi connectivity index (χ2v) is 5.73. The van der Waals surface area contributed by atoms with E-state index in [4.69, 9.17) is 25.8 Å². The molecular formula is C16H18ClNO6. The first-order chi connectivity index (χ1) is 11.4. The molecule has 0 aromatic heterocycles. The molecule has 1 aromatic carbocycles. The quantitative estimate of drug-likeness (QED) is 0.639. The first kappa shape index (κ1) is 18.2. The van der Waals surface area contributed by atoms with Gasteiger partial charge in [0.15, 0.2) is 0 Å². The van der Waals surface area contributed by atoms with Gasteiger partial charge < -0.3 is 14.2 Å². The maximum absolute atomic E-state index is 12.3. The molecule has 130 valence electrons. The fourth-order valence-corrected chi connectivity index (χ4v) is 3.09. The SMILES string of the molecule is COC(=O)[C@H]1[C@H](C(=O)OC)[C@H](c2ccc(Cl)cc2)N[C@@H]1C(=O)OC. The van der Waals surface area contributed by atoms with Gasteiger partial charge in [-0.1, -0.05) is 23.7 Å². The highest BCUT2D eigenvalue weighted by Gasteiger charge is 2.55. The summed E-state index contributed by atoms with van der Waals surface area (Å²) in [5, 5.41) is 3.52. The molecule has 0 amide bonds. The summed E-state index contributed by atoms with van der Waals surface area (Å²) < 4.78 is 14.3. The zero-order chi connectivity index (χ0) is 17.9. The standard InChI is InChI=1S/C16H18ClNO6/c1-22-14(19)10-11(15(20)23-2)13(16(21)24-3)18-12(10)8-4-6-9(17)7-5-8/h4-7,10-13,18H,1-3H3/t10-,11-,12-,13-/m0/s1. The van der Waals surface area contributed by atoms with Gasteiger partial charge in [-0.05, 0) is 17.7 Å². The van der Waals surface area contributed by atoms with Gasteiger partial charge in [-0.15, -0.1) is 0 Å². The van der Waals surface area contributed by atoms with E-state index in [1.807, 2.05) is 0 Å². The first-order valence-corrected chi connectivity index (χ1v) is 7.57. The molecule has 1 N–H and O–H groups in total. The normalized spacial score (nSPS) is 25.8. The van der Waals surface area contributed by atoms with Crippen LogP contribution in [0.3, 0.4) is 0 Å². The number of ether oxygens (including phenoxy) is 3. The predicted octanol–water partition coefficient (Wildman–Crippen LogP) is 1.10. The van der Waals surface area contributed by atoms with E-state index in [9.17, 15) is 14.4 Å². The fraction of sp³-hybridized carbons (Fsp3) is 0.438. The molecule has 0 spiro atoms. The van der Waals surface area contributed by atoms with Crippen LogP contribution in [0.2, 0.25) is 5.02 Å². The van der Waals surface area contributed by atoms with E-state index < -0.39 is 41.8 Å². The number of halogens is 1. The monoisotopic (exact) mass is 355 g/mol. The van der Waals surface area contributed by atoms with Crippen LogP contribution in [0.25, 0.3) is 0 Å². The van der Waals surface area contributed by atoms with E-state index in [2.05, 4.69) is 5.32 Å². The Balaban J connectivity index is 2.48. The highest BCUT2D eigenvalue weighted by atomic mass is 35.5. The average Bonchev–Trinajstić information content (AvgIpc) is 3.00. The van der Waals surface area contributed by atoms with Gasteiger partial charge in [0, 0.05) is 11.1 Å². The minimum atomic E-state index is -1.06. The molecule has 1 saturated heterocycles. The summed E-state index contributed by atoms with van der Waals surface area (Å²) >= 11 is 5.89. The van der Waals surface area contributed by atoms with E-state index in [0.29, 0.717) is 10.6 Å². The van der Waals surface area contributed by atoms with Crippen LogP contribution in [-0.4, -0.2) is 45.3 Å². The number of benzene rings is 1. The van der Waals surface area contributed by atoms with E-state index in [1.54, 1.807) is 24.3 Å². The van der Waals surface area contributed by atoms with Gasteiger partial charge in [0.25, 0.3) is 0 Å². The van der Waals surface area contributed by atoms with Gasteiger partial charge >= 0.3 is 17.9 Å². The van der Waals surface area contributed by atoms with E-state index in [-0.39, 0.29) is 0 Å². The number of carbonyl (C=O) groups is 3. The largest absolute Gasteiger partial charge is 0.469 e. The van der Waals surface area contributed by atoms with Crippen molar-refractivity contribution in [2.45, 2.75) is 12.1 Å². The Morgan fingerprint density at radius 1 is 0.875 bits per heavy atom. The molecule has 1 aromatic rings. The Morgan fingerprint density at radius 2 is 1.38 bits per heavy atom. The van der Waals surface area contributed by atoms with Gasteiger partial charge in [-0.2, -0.15) is 0 Å². The third kappa shape index (κ3) is 3.37. The number of hydrogen-bond donors (Lipinski definition) is 1. The molecule has 24 heavy (non-hydrogen) atoms. The topological polar surface area (TPSA) is 90.9 Å². The van der Waals surface area contributed by atoms with Crippen molar-refractivity contribution in [2.75, 3.05) is 21.3 Å². The summed E-state index contributed by atoms with van der Waals surface area (Å²) in [4.78, 5) is 36.6. The van der Waals surface area contributed by atoms with Crippen molar-refractivity contribution >= 4 is 29.5 Å². The van der Waals surface area contributed by atoms with Crippen LogP contribution < -0.4 is 5.32 Å². The second-order valence-electron chi connectivity index (χ2n) is 5.29. The molecule has 0 radical (unpaired) electrons. The van der Waals surface area contributed by atoms with Crippen LogP contribution in [0, 0.1) is 11.8 Å². The van der Waals surface area contributed by atoms with Crippen LogP contribution in [0.1, 0.15) is 11.6 Å². The van der Waals surface area contributed by atoms with Gasteiger partial charge in [-0.25, -0.2) is 0 Å². The molecule has 0 unspecified atom stereocenters. The molecular weight excluding hydrogens is 338 g/mol. The Kier molecular flexibility index (Phi) is 5.80. The number of rotatable bonds is 4. The van der Waals surface area contributed by atoms with Crippen molar-refractivity contribution in [1.82, 2.24) is 5.32 Å². The van der Waals surface area contributed by atoms with E-state index in [0.717, 1.165) is 0 Å². The molecule has 0 saturated carbocycles. The third-order valence-electron chi connectivity index (χ3n) is 4.10. The van der Waals surface area contributed by atoms with Crippen molar-refractivity contribution in [1.29, 1.82) is 0 Å². The number of hydrogen-bond acceptors (Lipinski definition) is 7. The minimum absolute atomic E-state index is 0.528. The molecule has 2 rings (SSSR count). The highest BCUT2D eigenvalue weighted by molar-refractivity contribution is 6.30. The molecule has 1 aliphatic rings. The summed E-state index contributed by atoms with van der Waals surface area (Å²) in [7, 11) is 3.63. The lowest BCUT2D eigenvalue weighted by Crippen LogP contribution is -2.42. The summed E-state index contributed by atoms with van der Waals surface area (Å²) in [6.07, 6.45) is 0. The fourth-order valence-electron chi connectivity index (χ4n) is 2.97. The van der Waals surface area contributed by atoms with Crippen molar-refractivity contribution < 1.29 is 28.6 Å². The smallest absolute Gasteiger partial charge is 0.323 e. The lowest BCUT2D eigenvalue weighted by molar-refractivity contribution is -0.159. The maximum atomic E-state index is 12.3. The summed E-state index contributed by atoms with van der Waals surface area (Å²) in [5.41, 5.74) is 0.690. The molecule has 7 nitrogen and oxygen atoms in total. The molecule has 1 fully saturated rings. The lowest BCUT2D eigenvalue weighted by Gasteiger charge is -2.21. The highest BCUT2D eigenvalue weighted by Crippen LogP contribution is 2.39. The number of nitrogens with one attached hydrogen (secondary N) is 1. The van der Waals surface area contributed by atoms with Crippen LogP contribution in [0.5, 0.6) is 0 Å². The van der Waals surface area contributed by atoms with Gasteiger partial charge in [0.05, 0.1) is 33.2 Å². The molecule has 1 aliphatic heterocycles. The third-order valence-corrected chi connectivity index (χ3v) is 4.35. The second kappa shape index (κ2) is 7.63. The van der Waals surface area contributed by atoms with Gasteiger partial charge in [-0.3, -0.25) is 19.7 Å². The number of esters is 3. The van der Waals surface area contributed by atoms with Crippen LogP contribution >= 0.6 is 11.6 Å². The Labute approximate surface area is 144 Å². The molecule has 0 aliphatic carbocycles. The molecule has 1 heterocycles. The average molecular weight is 356 g/mol. The molecule has 0 bridgehead atoms. The molecule has 4 atom stereocenters. The van der Waals surface area contributed by atoms with Crippen molar-refractivity contribution in [3.8, 4) is 0 Å². The van der Waals surface area contributed by atoms with E-state index in [1.165, 1.54) is 21.3 Å². The van der Waals surface area contributed by atoms with Crippen LogP contribution in [0.15, 0.2) is 24.3 Å². The minimum Gasteiger partial charge on any atom is -0.469 e. The summed E-state index contributed by atoms with van der Waals surface area (Å²) in [6.45, 7) is 0. The maximum Gasteiger partial charge on any atom is 0.323 e. The Hall–Kier alpha value is -2.12. The number of methoxy groups -OCH3 is 3. The zero-order valence-corrected chi connectivity index (χ0v) is 14.2. The van der Waals surface area contributed by atoms with Crippen molar-refractivity contribution in [2.24, 2.45) is 11.8 Å². The summed E-state index contributed by atoms with van der Waals surface area (Å²) in [5.74, 6) is -3.96. The summed E-state index contributed by atoms with van der Waals surface area (Å²) in [6, 6.07) is 5.10. The number of carbonyl (C=O) groups excluding carboxylic acids is 3. The Bertz CT molecular complexity index is 632. The van der Waals surface area contributed by atoms with Crippen LogP contribution in [0.4, 0.5) is 0 Å². The first-order valence-electron chi connectivity index (χ1n) is 7.19. The van der Waals surface area contributed by atoms with Gasteiger partial charge in [0.2, 0.25) is 0 Å². The van der Waals surface area contributed by atoms with Gasteiger partial charge in [0.1, 0.15) is 6.04 Å². The lowest BCUT2D eigenvalue weighted by atomic mass is 9.84. The Morgan fingerprint density at radius 3 is 1.88 bits per heavy atom.